The Morgan fingerprint density at radius 1 is 1.09 bits per heavy atom. The molecule has 0 unspecified atom stereocenters. The van der Waals surface area contributed by atoms with Crippen LogP contribution in [-0.4, -0.2) is 68.2 Å². The van der Waals surface area contributed by atoms with Crippen molar-refractivity contribution in [2.75, 3.05) is 33.3 Å². The van der Waals surface area contributed by atoms with Crippen LogP contribution in [0.15, 0.2) is 59.5 Å². The fourth-order valence-corrected chi connectivity index (χ4v) is 4.41. The van der Waals surface area contributed by atoms with Gasteiger partial charge in [0.25, 0.3) is 0 Å². The van der Waals surface area contributed by atoms with E-state index in [2.05, 4.69) is 14.9 Å². The van der Waals surface area contributed by atoms with Crippen LogP contribution in [0.25, 0.3) is 22.6 Å². The van der Waals surface area contributed by atoms with Gasteiger partial charge < -0.3 is 9.64 Å². The quantitative estimate of drug-likeness (QED) is 0.435. The zero-order chi connectivity index (χ0) is 24.5. The summed E-state index contributed by atoms with van der Waals surface area (Å²) >= 11 is 5.97. The molecule has 1 saturated heterocycles. The maximum absolute atomic E-state index is 13.4. The third-order valence-corrected chi connectivity index (χ3v) is 6.52. The highest BCUT2D eigenvalue weighted by Crippen LogP contribution is 2.22. The summed E-state index contributed by atoms with van der Waals surface area (Å²) in [5.41, 5.74) is 2.28. The monoisotopic (exact) mass is 492 g/mol. The summed E-state index contributed by atoms with van der Waals surface area (Å²) in [6.45, 7) is 3.26. The number of hydrogen-bond donors (Lipinski definition) is 0. The summed E-state index contributed by atoms with van der Waals surface area (Å²) in [5, 5.41) is 0.712. The van der Waals surface area contributed by atoms with Gasteiger partial charge in [0, 0.05) is 50.4 Å². The molecule has 0 saturated carbocycles. The van der Waals surface area contributed by atoms with Crippen molar-refractivity contribution < 1.29 is 9.53 Å². The van der Waals surface area contributed by atoms with Gasteiger partial charge in [0.1, 0.15) is 11.3 Å². The zero-order valence-electron chi connectivity index (χ0n) is 19.5. The van der Waals surface area contributed by atoms with E-state index in [0.717, 1.165) is 12.1 Å². The summed E-state index contributed by atoms with van der Waals surface area (Å²) in [6, 6.07) is 14.8. The second-order valence-corrected chi connectivity index (χ2v) is 8.92. The van der Waals surface area contributed by atoms with E-state index in [4.69, 9.17) is 16.3 Å². The first-order valence-electron chi connectivity index (χ1n) is 11.3. The molecule has 2 aromatic heterocycles. The van der Waals surface area contributed by atoms with Gasteiger partial charge in [-0.3, -0.25) is 9.47 Å². The highest BCUT2D eigenvalue weighted by molar-refractivity contribution is 6.30. The molecule has 1 aliphatic rings. The van der Waals surface area contributed by atoms with Gasteiger partial charge in [0.15, 0.2) is 11.5 Å². The topological polar surface area (TPSA) is 85.5 Å². The van der Waals surface area contributed by atoms with Gasteiger partial charge >= 0.3 is 11.7 Å². The number of imidazole rings is 1. The molecule has 1 amide bonds. The molecule has 0 atom stereocenters. The number of amides is 1. The molecule has 35 heavy (non-hydrogen) atoms. The number of fused-ring (bicyclic) bond motifs is 1. The van der Waals surface area contributed by atoms with Crippen LogP contribution in [0.2, 0.25) is 5.02 Å². The van der Waals surface area contributed by atoms with Gasteiger partial charge in [-0.05, 0) is 29.8 Å². The van der Waals surface area contributed by atoms with Crippen molar-refractivity contribution >= 4 is 28.8 Å². The van der Waals surface area contributed by atoms with Crippen molar-refractivity contribution in [1.29, 1.82) is 0 Å². The van der Waals surface area contributed by atoms with Gasteiger partial charge in [-0.25, -0.2) is 24.1 Å². The van der Waals surface area contributed by atoms with Crippen molar-refractivity contribution in [3.63, 3.8) is 0 Å². The normalized spacial score (nSPS) is 14.4. The highest BCUT2D eigenvalue weighted by atomic mass is 35.5. The molecular weight excluding hydrogens is 468 g/mol. The SMILES string of the molecule is COc1cccc(-c2ncc3c(n2)n(C)c(=O)n3C(=O)N2CCN(Cc3ccc(Cl)cc3)CC2)c1. The number of carbonyl (C=O) groups excluding carboxylic acids is 1. The Morgan fingerprint density at radius 2 is 1.83 bits per heavy atom. The van der Waals surface area contributed by atoms with Crippen molar-refractivity contribution in [2.45, 2.75) is 6.54 Å². The molecular formula is C25H25ClN6O3. The van der Waals surface area contributed by atoms with Crippen LogP contribution in [0.5, 0.6) is 5.75 Å². The van der Waals surface area contributed by atoms with E-state index in [0.29, 0.717) is 53.9 Å². The largest absolute Gasteiger partial charge is 0.497 e. The second-order valence-electron chi connectivity index (χ2n) is 8.48. The minimum atomic E-state index is -0.439. The fourth-order valence-electron chi connectivity index (χ4n) is 4.29. The van der Waals surface area contributed by atoms with Crippen LogP contribution < -0.4 is 10.4 Å². The molecule has 3 heterocycles. The first kappa shape index (κ1) is 23.1. The average molecular weight is 493 g/mol. The number of methoxy groups -OCH3 is 1. The number of nitrogens with zero attached hydrogens (tertiary/aromatic N) is 6. The molecule has 0 aliphatic carbocycles. The predicted octanol–water partition coefficient (Wildman–Crippen LogP) is 3.24. The number of benzene rings is 2. The van der Waals surface area contributed by atoms with Gasteiger partial charge in [0.05, 0.1) is 13.3 Å². The summed E-state index contributed by atoms with van der Waals surface area (Å²) in [5.74, 6) is 1.13. The molecule has 0 radical (unpaired) electrons. The van der Waals surface area contributed by atoms with Crippen LogP contribution in [0, 0.1) is 0 Å². The molecule has 5 rings (SSSR count). The van der Waals surface area contributed by atoms with Crippen LogP contribution in [0.1, 0.15) is 5.56 Å². The lowest BCUT2D eigenvalue weighted by molar-refractivity contribution is 0.136. The highest BCUT2D eigenvalue weighted by Gasteiger charge is 2.27. The van der Waals surface area contributed by atoms with Gasteiger partial charge in [-0.1, -0.05) is 35.9 Å². The first-order valence-corrected chi connectivity index (χ1v) is 11.7. The van der Waals surface area contributed by atoms with E-state index >= 15 is 0 Å². The number of piperazine rings is 1. The van der Waals surface area contributed by atoms with E-state index in [1.807, 2.05) is 48.5 Å². The van der Waals surface area contributed by atoms with E-state index in [9.17, 15) is 9.59 Å². The lowest BCUT2D eigenvalue weighted by Gasteiger charge is -2.34. The van der Waals surface area contributed by atoms with Crippen LogP contribution in [0.4, 0.5) is 4.79 Å². The summed E-state index contributed by atoms with van der Waals surface area (Å²) in [7, 11) is 3.21. The maximum atomic E-state index is 13.4. The van der Waals surface area contributed by atoms with E-state index < -0.39 is 5.69 Å². The van der Waals surface area contributed by atoms with E-state index in [1.54, 1.807) is 19.1 Å². The number of halogens is 1. The number of rotatable bonds is 4. The van der Waals surface area contributed by atoms with Gasteiger partial charge in [0.2, 0.25) is 0 Å². The lowest BCUT2D eigenvalue weighted by Crippen LogP contribution is -2.51. The Hall–Kier alpha value is -3.69. The van der Waals surface area contributed by atoms with Crippen LogP contribution in [-0.2, 0) is 13.6 Å². The predicted molar refractivity (Wildman–Crippen MR) is 134 cm³/mol. The standard InChI is InChI=1S/C25H25ClN6O3/c1-29-23-21(15-27-22(28-23)18-4-3-5-20(14-18)35-2)32(24(29)33)25(34)31-12-10-30(11-13-31)16-17-6-8-19(26)9-7-17/h3-9,14-15H,10-13,16H2,1-2H3. The minimum Gasteiger partial charge on any atom is -0.497 e. The number of hydrogen-bond acceptors (Lipinski definition) is 6. The second kappa shape index (κ2) is 9.52. The van der Waals surface area contributed by atoms with E-state index in [1.165, 1.54) is 20.9 Å². The molecule has 1 fully saturated rings. The number of carbonyl (C=O) groups is 1. The molecule has 9 nitrogen and oxygen atoms in total. The fraction of sp³-hybridized carbons (Fsp3) is 0.280. The molecule has 1 aliphatic heterocycles. The molecule has 4 aromatic rings. The summed E-state index contributed by atoms with van der Waals surface area (Å²) in [6.07, 6.45) is 1.53. The molecule has 0 N–H and O–H groups in total. The molecule has 10 heteroatoms. The van der Waals surface area contributed by atoms with Crippen molar-refractivity contribution in [3.05, 3.63) is 75.8 Å². The molecule has 180 valence electrons. The zero-order valence-corrected chi connectivity index (χ0v) is 20.3. The Balaban J connectivity index is 1.36. The first-order chi connectivity index (χ1) is 16.9. The lowest BCUT2D eigenvalue weighted by atomic mass is 10.2. The average Bonchev–Trinajstić information content (AvgIpc) is 3.14. The van der Waals surface area contributed by atoms with Crippen LogP contribution >= 0.6 is 11.6 Å². The maximum Gasteiger partial charge on any atom is 0.338 e. The molecule has 0 bridgehead atoms. The van der Waals surface area contributed by atoms with Crippen molar-refractivity contribution in [2.24, 2.45) is 7.05 Å². The Bertz CT molecular complexity index is 1440. The number of aromatic nitrogens is 4. The molecule has 0 spiro atoms. The van der Waals surface area contributed by atoms with Gasteiger partial charge in [-0.2, -0.15) is 0 Å². The number of aryl methyl sites for hydroxylation is 1. The Morgan fingerprint density at radius 3 is 2.54 bits per heavy atom. The minimum absolute atomic E-state index is 0.357. The third kappa shape index (κ3) is 4.52. The van der Waals surface area contributed by atoms with Crippen molar-refractivity contribution in [3.8, 4) is 17.1 Å². The number of ether oxygens (including phenoxy) is 1. The Kier molecular flexibility index (Phi) is 6.27. The van der Waals surface area contributed by atoms with Gasteiger partial charge in [-0.15, -0.1) is 0 Å². The summed E-state index contributed by atoms with van der Waals surface area (Å²) in [4.78, 5) is 39.4. The summed E-state index contributed by atoms with van der Waals surface area (Å²) < 4.78 is 7.83. The smallest absolute Gasteiger partial charge is 0.338 e. The third-order valence-electron chi connectivity index (χ3n) is 6.27. The van der Waals surface area contributed by atoms with Crippen LogP contribution in [0.3, 0.4) is 0 Å². The van der Waals surface area contributed by atoms with Crippen molar-refractivity contribution in [1.82, 2.24) is 28.9 Å². The molecule has 2 aromatic carbocycles. The Labute approximate surface area is 207 Å². The van der Waals surface area contributed by atoms with E-state index in [-0.39, 0.29) is 6.03 Å².